The highest BCUT2D eigenvalue weighted by atomic mass is 32.2. The van der Waals surface area contributed by atoms with Crippen LogP contribution in [0.25, 0.3) is 0 Å². The van der Waals surface area contributed by atoms with Gasteiger partial charge in [-0.2, -0.15) is 18.8 Å². The number of sulfonamides is 1. The first-order chi connectivity index (χ1) is 10.4. The molecule has 0 aromatic heterocycles. The third kappa shape index (κ3) is 3.71. The predicted octanol–water partition coefficient (Wildman–Crippen LogP) is 2.49. The van der Waals surface area contributed by atoms with E-state index in [4.69, 9.17) is 5.26 Å². The number of nitrogens with one attached hydrogen (secondary N) is 1. The third-order valence-electron chi connectivity index (χ3n) is 3.06. The molecule has 2 aromatic carbocycles. The number of nitrogens with zero attached hydrogens (tertiary/aromatic N) is 2. The van der Waals surface area contributed by atoms with E-state index in [9.17, 15) is 8.42 Å². The van der Waals surface area contributed by atoms with Crippen molar-refractivity contribution in [1.82, 2.24) is 4.83 Å². The van der Waals surface area contributed by atoms with Crippen LogP contribution in [0, 0.1) is 25.2 Å². The van der Waals surface area contributed by atoms with Gasteiger partial charge in [0, 0.05) is 0 Å². The first kappa shape index (κ1) is 15.7. The van der Waals surface area contributed by atoms with E-state index in [0.717, 1.165) is 5.56 Å². The fourth-order valence-electron chi connectivity index (χ4n) is 1.86. The maximum absolute atomic E-state index is 12.2. The molecule has 0 atom stereocenters. The Morgan fingerprint density at radius 3 is 2.45 bits per heavy atom. The smallest absolute Gasteiger partial charge is 0.200 e. The van der Waals surface area contributed by atoms with E-state index in [-0.39, 0.29) is 4.90 Å². The second-order valence-corrected chi connectivity index (χ2v) is 6.48. The lowest BCUT2D eigenvalue weighted by Crippen LogP contribution is -2.19. The summed E-state index contributed by atoms with van der Waals surface area (Å²) in [5, 5.41) is 12.5. The number of hydrazone groups is 1. The monoisotopic (exact) mass is 313 g/mol. The quantitative estimate of drug-likeness (QED) is 0.695. The number of hydrogen-bond acceptors (Lipinski definition) is 4. The molecule has 0 aliphatic carbocycles. The van der Waals surface area contributed by atoms with Gasteiger partial charge in [-0.3, -0.25) is 0 Å². The Balaban J connectivity index is 2.17. The highest BCUT2D eigenvalue weighted by Gasteiger charge is 2.15. The van der Waals surface area contributed by atoms with Gasteiger partial charge in [-0.1, -0.05) is 24.3 Å². The van der Waals surface area contributed by atoms with Crippen LogP contribution in [0.15, 0.2) is 52.5 Å². The van der Waals surface area contributed by atoms with E-state index in [1.807, 2.05) is 19.1 Å². The van der Waals surface area contributed by atoms with Gasteiger partial charge in [-0.05, 0) is 48.7 Å². The van der Waals surface area contributed by atoms with Crippen LogP contribution in [0.1, 0.15) is 22.3 Å². The van der Waals surface area contributed by atoms with Gasteiger partial charge in [-0.25, -0.2) is 4.83 Å². The molecule has 0 unspecified atom stereocenters. The largest absolute Gasteiger partial charge is 0.276 e. The highest BCUT2D eigenvalue weighted by Crippen LogP contribution is 2.16. The molecule has 0 radical (unpaired) electrons. The van der Waals surface area contributed by atoms with E-state index in [1.165, 1.54) is 6.21 Å². The zero-order valence-corrected chi connectivity index (χ0v) is 13.1. The maximum Gasteiger partial charge on any atom is 0.276 e. The molecule has 1 N–H and O–H groups in total. The molecule has 5 nitrogen and oxygen atoms in total. The summed E-state index contributed by atoms with van der Waals surface area (Å²) in [6, 6.07) is 13.9. The minimum atomic E-state index is -3.70. The van der Waals surface area contributed by atoms with Crippen LogP contribution in [0.5, 0.6) is 0 Å². The molecular formula is C16H15N3O2S. The Hall–Kier alpha value is -2.65. The summed E-state index contributed by atoms with van der Waals surface area (Å²) >= 11 is 0. The average Bonchev–Trinajstić information content (AvgIpc) is 2.50. The summed E-state index contributed by atoms with van der Waals surface area (Å²) in [4.78, 5) is 2.41. The number of nitriles is 1. The summed E-state index contributed by atoms with van der Waals surface area (Å²) in [5.41, 5.74) is 2.75. The summed E-state index contributed by atoms with van der Waals surface area (Å²) in [7, 11) is -3.70. The van der Waals surface area contributed by atoms with Crippen LogP contribution in [0.4, 0.5) is 0 Å². The number of rotatable bonds is 4. The van der Waals surface area contributed by atoms with Crippen molar-refractivity contribution in [2.24, 2.45) is 5.10 Å². The van der Waals surface area contributed by atoms with E-state index < -0.39 is 10.0 Å². The topological polar surface area (TPSA) is 82.3 Å². The Kier molecular flexibility index (Phi) is 4.59. The molecule has 22 heavy (non-hydrogen) atoms. The Morgan fingerprint density at radius 2 is 1.82 bits per heavy atom. The lowest BCUT2D eigenvalue weighted by atomic mass is 10.2. The fraction of sp³-hybridized carbons (Fsp3) is 0.125. The lowest BCUT2D eigenvalue weighted by Gasteiger charge is -2.07. The molecule has 2 aromatic rings. The number of hydrogen-bond donors (Lipinski definition) is 1. The normalized spacial score (nSPS) is 11.3. The van der Waals surface area contributed by atoms with Crippen LogP contribution in [0.3, 0.4) is 0 Å². The van der Waals surface area contributed by atoms with E-state index >= 15 is 0 Å². The predicted molar refractivity (Wildman–Crippen MR) is 85.0 cm³/mol. The van der Waals surface area contributed by atoms with Crippen molar-refractivity contribution in [2.75, 3.05) is 0 Å². The molecule has 0 amide bonds. The fourth-order valence-corrected chi connectivity index (χ4v) is 2.98. The number of aryl methyl sites for hydroxylation is 2. The average molecular weight is 313 g/mol. The summed E-state index contributed by atoms with van der Waals surface area (Å²) < 4.78 is 24.5. The minimum absolute atomic E-state index is 0.212. The van der Waals surface area contributed by atoms with E-state index in [2.05, 4.69) is 9.93 Å². The zero-order chi connectivity index (χ0) is 16.2. The van der Waals surface area contributed by atoms with Crippen molar-refractivity contribution in [3.63, 3.8) is 0 Å². The Bertz CT molecular complexity index is 848. The highest BCUT2D eigenvalue weighted by molar-refractivity contribution is 7.89. The van der Waals surface area contributed by atoms with Gasteiger partial charge in [0.2, 0.25) is 0 Å². The first-order valence-corrected chi connectivity index (χ1v) is 8.03. The summed E-state index contributed by atoms with van der Waals surface area (Å²) in [6.45, 7) is 3.57. The first-order valence-electron chi connectivity index (χ1n) is 6.55. The van der Waals surface area contributed by atoms with Crippen LogP contribution >= 0.6 is 0 Å². The molecule has 0 heterocycles. The maximum atomic E-state index is 12.2. The molecule has 0 spiro atoms. The molecule has 6 heteroatoms. The lowest BCUT2D eigenvalue weighted by molar-refractivity contribution is 0.584. The molecule has 112 valence electrons. The molecule has 0 saturated heterocycles. The summed E-state index contributed by atoms with van der Waals surface area (Å²) in [6.07, 6.45) is 1.39. The third-order valence-corrected chi connectivity index (χ3v) is 4.42. The molecular weight excluding hydrogens is 298 g/mol. The summed E-state index contributed by atoms with van der Waals surface area (Å²) in [5.74, 6) is 0. The standard InChI is InChI=1S/C16H15N3O2S/c1-12-3-4-13(2)16(9-12)22(20,21)19-18-11-15-7-5-14(10-17)6-8-15/h3-9,11,19H,1-2H3/b18-11+. The van der Waals surface area contributed by atoms with Crippen LogP contribution in [0.2, 0.25) is 0 Å². The van der Waals surface area contributed by atoms with E-state index in [0.29, 0.717) is 16.7 Å². The van der Waals surface area contributed by atoms with Gasteiger partial charge in [0.05, 0.1) is 22.7 Å². The Morgan fingerprint density at radius 1 is 1.14 bits per heavy atom. The number of benzene rings is 2. The van der Waals surface area contributed by atoms with Crippen molar-refractivity contribution in [3.8, 4) is 6.07 Å². The van der Waals surface area contributed by atoms with E-state index in [1.54, 1.807) is 43.3 Å². The van der Waals surface area contributed by atoms with Gasteiger partial charge in [0.15, 0.2) is 0 Å². The second-order valence-electron chi connectivity index (χ2n) is 4.86. The van der Waals surface area contributed by atoms with Crippen LogP contribution < -0.4 is 4.83 Å². The van der Waals surface area contributed by atoms with Gasteiger partial charge < -0.3 is 0 Å². The van der Waals surface area contributed by atoms with Crippen molar-refractivity contribution < 1.29 is 8.42 Å². The zero-order valence-electron chi connectivity index (χ0n) is 12.2. The van der Waals surface area contributed by atoms with Gasteiger partial charge in [0.1, 0.15) is 0 Å². The minimum Gasteiger partial charge on any atom is -0.200 e. The van der Waals surface area contributed by atoms with Crippen LogP contribution in [-0.2, 0) is 10.0 Å². The van der Waals surface area contributed by atoms with Crippen LogP contribution in [-0.4, -0.2) is 14.6 Å². The molecule has 0 bridgehead atoms. The molecule has 0 aliphatic rings. The second kappa shape index (κ2) is 6.41. The van der Waals surface area contributed by atoms with Crippen molar-refractivity contribution in [3.05, 3.63) is 64.7 Å². The van der Waals surface area contributed by atoms with Crippen molar-refractivity contribution in [1.29, 1.82) is 5.26 Å². The molecule has 2 rings (SSSR count). The SMILES string of the molecule is Cc1ccc(C)c(S(=O)(=O)N/N=C/c2ccc(C#N)cc2)c1. The molecule has 0 aliphatic heterocycles. The van der Waals surface area contributed by atoms with Gasteiger partial charge >= 0.3 is 0 Å². The Labute approximate surface area is 130 Å². The molecule has 0 fully saturated rings. The van der Waals surface area contributed by atoms with Gasteiger partial charge in [-0.15, -0.1) is 0 Å². The molecule has 0 saturated carbocycles. The van der Waals surface area contributed by atoms with Gasteiger partial charge in [0.25, 0.3) is 10.0 Å². The van der Waals surface area contributed by atoms with Crippen molar-refractivity contribution >= 4 is 16.2 Å². The van der Waals surface area contributed by atoms with Crippen molar-refractivity contribution in [2.45, 2.75) is 18.7 Å².